The van der Waals surface area contributed by atoms with E-state index in [1.165, 1.54) is 16.7 Å². The van der Waals surface area contributed by atoms with Crippen LogP contribution < -0.4 is 9.47 Å². The lowest BCUT2D eigenvalue weighted by molar-refractivity contribution is 0.105. The molecule has 1 aliphatic rings. The Morgan fingerprint density at radius 2 is 1.27 bits per heavy atom. The van der Waals surface area contributed by atoms with E-state index < -0.39 is 7.60 Å². The van der Waals surface area contributed by atoms with Gasteiger partial charge in [-0.3, -0.25) is 14.4 Å². The molecule has 198 valence electrons. The van der Waals surface area contributed by atoms with Crippen molar-refractivity contribution in [2.24, 2.45) is 0 Å². The summed E-state index contributed by atoms with van der Waals surface area (Å²) in [5.74, 6) is 1.71. The summed E-state index contributed by atoms with van der Waals surface area (Å²) in [6.45, 7) is 6.62. The van der Waals surface area contributed by atoms with Gasteiger partial charge in [0.05, 0.1) is 33.0 Å². The number of benzene rings is 3. The zero-order chi connectivity index (χ0) is 26.3. The molecule has 0 aromatic heterocycles. The fourth-order valence-corrected chi connectivity index (χ4v) is 6.02. The molecule has 1 aliphatic heterocycles. The van der Waals surface area contributed by atoms with Gasteiger partial charge in [-0.1, -0.05) is 48.5 Å². The lowest BCUT2D eigenvalue weighted by atomic mass is 9.96. The Balaban J connectivity index is 1.41. The third kappa shape index (κ3) is 7.44. The third-order valence-corrected chi connectivity index (χ3v) is 8.20. The zero-order valence-corrected chi connectivity index (χ0v) is 22.8. The number of rotatable bonds is 11. The molecule has 0 spiro atoms. The second-order valence-electron chi connectivity index (χ2n) is 9.29. The van der Waals surface area contributed by atoms with Crippen molar-refractivity contribution in [2.45, 2.75) is 25.7 Å². The molecule has 0 radical (unpaired) electrons. The Morgan fingerprint density at radius 1 is 0.784 bits per heavy atom. The molecular formula is C29H37N2O5P. The minimum absolute atomic E-state index is 0.0396. The van der Waals surface area contributed by atoms with E-state index >= 15 is 0 Å². The summed E-state index contributed by atoms with van der Waals surface area (Å²) >= 11 is 0. The van der Waals surface area contributed by atoms with Gasteiger partial charge in [0, 0.05) is 32.7 Å². The molecule has 1 N–H and O–H groups in total. The summed E-state index contributed by atoms with van der Waals surface area (Å²) in [4.78, 5) is 14.9. The SMILES string of the molecule is CCOP(=O)(O)Cc1ccc(CN2CCN(C(c3ccc(OC)cc3)c3ccc(OC)cc3)CC2)cc1. The fourth-order valence-electron chi connectivity index (χ4n) is 4.85. The molecule has 8 heteroatoms. The van der Waals surface area contributed by atoms with Crippen molar-refractivity contribution >= 4 is 7.60 Å². The maximum absolute atomic E-state index is 12.0. The Bertz CT molecular complexity index is 1110. The molecule has 37 heavy (non-hydrogen) atoms. The minimum atomic E-state index is -3.57. The summed E-state index contributed by atoms with van der Waals surface area (Å²) in [5, 5.41) is 0. The molecule has 0 bridgehead atoms. The largest absolute Gasteiger partial charge is 0.497 e. The van der Waals surface area contributed by atoms with Crippen LogP contribution in [0.1, 0.15) is 35.2 Å². The van der Waals surface area contributed by atoms with Crippen molar-refractivity contribution in [2.75, 3.05) is 47.0 Å². The van der Waals surface area contributed by atoms with Gasteiger partial charge in [-0.05, 0) is 53.4 Å². The third-order valence-electron chi connectivity index (χ3n) is 6.78. The summed E-state index contributed by atoms with van der Waals surface area (Å²) in [6.07, 6.45) is 0.0396. The van der Waals surface area contributed by atoms with Gasteiger partial charge in [0.2, 0.25) is 0 Å². The van der Waals surface area contributed by atoms with E-state index in [0.717, 1.165) is 49.8 Å². The van der Waals surface area contributed by atoms with Crippen molar-refractivity contribution in [1.29, 1.82) is 0 Å². The summed E-state index contributed by atoms with van der Waals surface area (Å²) < 4.78 is 27.8. The molecule has 1 atom stereocenters. The van der Waals surface area contributed by atoms with Crippen LogP contribution in [0, 0.1) is 0 Å². The van der Waals surface area contributed by atoms with Crippen molar-refractivity contribution < 1.29 is 23.5 Å². The van der Waals surface area contributed by atoms with Crippen LogP contribution in [0.5, 0.6) is 11.5 Å². The van der Waals surface area contributed by atoms with Gasteiger partial charge in [-0.25, -0.2) is 0 Å². The van der Waals surface area contributed by atoms with Crippen LogP contribution in [0.15, 0.2) is 72.8 Å². The van der Waals surface area contributed by atoms with Gasteiger partial charge in [0.15, 0.2) is 0 Å². The Labute approximate surface area is 220 Å². The van der Waals surface area contributed by atoms with Crippen molar-refractivity contribution in [1.82, 2.24) is 9.80 Å². The first-order valence-electron chi connectivity index (χ1n) is 12.7. The van der Waals surface area contributed by atoms with Crippen LogP contribution in [-0.2, 0) is 21.8 Å². The molecule has 3 aromatic rings. The molecule has 4 rings (SSSR count). The molecule has 3 aromatic carbocycles. The van der Waals surface area contributed by atoms with Gasteiger partial charge in [-0.2, -0.15) is 0 Å². The predicted molar refractivity (Wildman–Crippen MR) is 146 cm³/mol. The molecular weight excluding hydrogens is 487 g/mol. The van der Waals surface area contributed by atoms with Gasteiger partial charge in [0.25, 0.3) is 0 Å². The lowest BCUT2D eigenvalue weighted by Gasteiger charge is -2.40. The monoisotopic (exact) mass is 524 g/mol. The molecule has 7 nitrogen and oxygen atoms in total. The highest BCUT2D eigenvalue weighted by atomic mass is 31.2. The number of methoxy groups -OCH3 is 2. The number of hydrogen-bond acceptors (Lipinski definition) is 6. The van der Waals surface area contributed by atoms with E-state index in [2.05, 4.69) is 34.1 Å². The van der Waals surface area contributed by atoms with Crippen molar-refractivity contribution in [3.05, 3.63) is 95.1 Å². The smallest absolute Gasteiger partial charge is 0.332 e. The number of nitrogens with zero attached hydrogens (tertiary/aromatic N) is 2. The quantitative estimate of drug-likeness (QED) is 0.340. The van der Waals surface area contributed by atoms with E-state index in [4.69, 9.17) is 14.0 Å². The van der Waals surface area contributed by atoms with Crippen LogP contribution in [0.25, 0.3) is 0 Å². The first-order chi connectivity index (χ1) is 17.9. The molecule has 0 amide bonds. The molecule has 0 saturated carbocycles. The Hall–Kier alpha value is -2.67. The van der Waals surface area contributed by atoms with Crippen LogP contribution >= 0.6 is 7.60 Å². The zero-order valence-electron chi connectivity index (χ0n) is 21.9. The highest BCUT2D eigenvalue weighted by Crippen LogP contribution is 2.45. The summed E-state index contributed by atoms with van der Waals surface area (Å²) in [7, 11) is -0.193. The van der Waals surface area contributed by atoms with Crippen molar-refractivity contribution in [3.63, 3.8) is 0 Å². The average Bonchev–Trinajstić information content (AvgIpc) is 2.91. The number of hydrogen-bond donors (Lipinski definition) is 1. The highest BCUT2D eigenvalue weighted by Gasteiger charge is 2.27. The second-order valence-corrected chi connectivity index (χ2v) is 11.1. The standard InChI is InChI=1S/C29H37N2O5P/c1-4-36-37(32,33)22-24-7-5-23(6-8-24)21-30-17-19-31(20-18-30)29(25-9-13-27(34-2)14-10-25)26-11-15-28(35-3)16-12-26/h5-16,29H,4,17-22H2,1-3H3,(H,32,33). The maximum Gasteiger partial charge on any atom is 0.332 e. The normalized spacial score (nSPS) is 16.5. The Kier molecular flexibility index (Phi) is 9.41. The van der Waals surface area contributed by atoms with E-state index in [1.54, 1.807) is 21.1 Å². The topological polar surface area (TPSA) is 71.5 Å². The Morgan fingerprint density at radius 3 is 1.73 bits per heavy atom. The molecule has 0 aliphatic carbocycles. The van der Waals surface area contributed by atoms with Crippen LogP contribution in [-0.4, -0.2) is 61.7 Å². The van der Waals surface area contributed by atoms with Crippen LogP contribution in [0.2, 0.25) is 0 Å². The maximum atomic E-state index is 12.0. The average molecular weight is 525 g/mol. The predicted octanol–water partition coefficient (Wildman–Crippen LogP) is 5.33. The minimum Gasteiger partial charge on any atom is -0.497 e. The summed E-state index contributed by atoms with van der Waals surface area (Å²) in [6, 6.07) is 24.8. The van der Waals surface area contributed by atoms with Gasteiger partial charge in [-0.15, -0.1) is 0 Å². The first-order valence-corrected chi connectivity index (χ1v) is 14.5. The van der Waals surface area contributed by atoms with Crippen molar-refractivity contribution in [3.8, 4) is 11.5 Å². The number of ether oxygens (including phenoxy) is 2. The van der Waals surface area contributed by atoms with Crippen LogP contribution in [0.3, 0.4) is 0 Å². The van der Waals surface area contributed by atoms with E-state index in [1.807, 2.05) is 48.5 Å². The molecule has 1 fully saturated rings. The fraction of sp³-hybridized carbons (Fsp3) is 0.379. The summed E-state index contributed by atoms with van der Waals surface area (Å²) in [5.41, 5.74) is 4.49. The van der Waals surface area contributed by atoms with E-state index in [0.29, 0.717) is 0 Å². The highest BCUT2D eigenvalue weighted by molar-refractivity contribution is 7.51. The van der Waals surface area contributed by atoms with Crippen LogP contribution in [0.4, 0.5) is 0 Å². The van der Waals surface area contributed by atoms with E-state index in [-0.39, 0.29) is 18.8 Å². The van der Waals surface area contributed by atoms with E-state index in [9.17, 15) is 9.46 Å². The van der Waals surface area contributed by atoms with Gasteiger partial charge < -0.3 is 18.9 Å². The molecule has 1 saturated heterocycles. The van der Waals surface area contributed by atoms with Gasteiger partial charge >= 0.3 is 7.60 Å². The molecule has 1 heterocycles. The second kappa shape index (κ2) is 12.7. The lowest BCUT2D eigenvalue weighted by Crippen LogP contribution is -2.47. The first kappa shape index (κ1) is 27.4. The molecule has 1 unspecified atom stereocenters. The van der Waals surface area contributed by atoms with Gasteiger partial charge in [0.1, 0.15) is 11.5 Å². The number of piperazine rings is 1.